The normalized spacial score (nSPS) is 15.1. The van der Waals surface area contributed by atoms with Gasteiger partial charge in [0, 0.05) is 17.7 Å². The van der Waals surface area contributed by atoms with Crippen LogP contribution in [0.2, 0.25) is 0 Å². The highest BCUT2D eigenvalue weighted by Crippen LogP contribution is 2.32. The van der Waals surface area contributed by atoms with Crippen molar-refractivity contribution in [3.63, 3.8) is 0 Å². The molecule has 0 spiro atoms. The maximum atomic E-state index is 13.1. The fraction of sp³-hybridized carbons (Fsp3) is 0.308. The van der Waals surface area contributed by atoms with Crippen LogP contribution in [0.25, 0.3) is 16.6 Å². The average molecular weight is 400 g/mol. The van der Waals surface area contributed by atoms with E-state index < -0.39 is 0 Å². The van der Waals surface area contributed by atoms with Crippen LogP contribution in [0.1, 0.15) is 44.9 Å². The Labute approximate surface area is 178 Å². The lowest BCUT2D eigenvalue weighted by Crippen LogP contribution is -2.24. The van der Waals surface area contributed by atoms with Crippen LogP contribution in [0.3, 0.4) is 0 Å². The van der Waals surface area contributed by atoms with Crippen LogP contribution in [-0.2, 0) is 4.79 Å². The summed E-state index contributed by atoms with van der Waals surface area (Å²) in [6.07, 6.45) is 11.7. The smallest absolute Gasteiger partial charge is 0.227 e. The van der Waals surface area contributed by atoms with Crippen LogP contribution in [0, 0.1) is 5.92 Å². The first-order valence-corrected chi connectivity index (χ1v) is 11.0. The van der Waals surface area contributed by atoms with Gasteiger partial charge in [0.25, 0.3) is 0 Å². The third kappa shape index (κ3) is 4.88. The van der Waals surface area contributed by atoms with Crippen molar-refractivity contribution >= 4 is 17.1 Å². The number of nitrogens with zero attached hydrogens (tertiary/aromatic N) is 2. The summed E-state index contributed by atoms with van der Waals surface area (Å²) in [6.45, 7) is 0. The van der Waals surface area contributed by atoms with Crippen LogP contribution in [-0.4, -0.2) is 15.5 Å². The molecule has 1 N–H and O–H groups in total. The summed E-state index contributed by atoms with van der Waals surface area (Å²) in [5.41, 5.74) is 3.78. The molecule has 1 amide bonds. The van der Waals surface area contributed by atoms with Crippen molar-refractivity contribution < 1.29 is 4.79 Å². The van der Waals surface area contributed by atoms with E-state index in [9.17, 15) is 4.79 Å². The minimum absolute atomic E-state index is 0.0858. The number of anilines is 1. The van der Waals surface area contributed by atoms with Crippen LogP contribution in [0.5, 0.6) is 0 Å². The van der Waals surface area contributed by atoms with Crippen molar-refractivity contribution in [2.24, 2.45) is 5.92 Å². The molecule has 1 aliphatic rings. The van der Waals surface area contributed by atoms with Crippen molar-refractivity contribution in [3.8, 4) is 11.1 Å². The summed E-state index contributed by atoms with van der Waals surface area (Å²) in [5.74, 6) is 0.210. The summed E-state index contributed by atoms with van der Waals surface area (Å²) in [6, 6.07) is 22.2. The topological polar surface area (TPSA) is 46.4 Å². The number of rotatable bonds is 3. The van der Waals surface area contributed by atoms with E-state index in [1.807, 2.05) is 65.3 Å². The molecule has 1 fully saturated rings. The van der Waals surface area contributed by atoms with Gasteiger partial charge in [-0.05, 0) is 30.5 Å². The Bertz CT molecular complexity index is 1020. The summed E-state index contributed by atoms with van der Waals surface area (Å²) >= 11 is 0. The SMILES string of the molecule is O=C(Nc1cnn2cccc2c1-c1ccccccccc1)C1CCCCCCC1. The molecule has 2 aromatic heterocycles. The molecule has 1 aliphatic carbocycles. The minimum Gasteiger partial charge on any atom is -0.324 e. The number of fused-ring (bicyclic) bond motifs is 1. The zero-order chi connectivity index (χ0) is 20.6. The predicted molar refractivity (Wildman–Crippen MR) is 123 cm³/mol. The first kappa shape index (κ1) is 20.1. The minimum atomic E-state index is 0.0858. The summed E-state index contributed by atoms with van der Waals surface area (Å²) in [7, 11) is 0. The molecule has 1 aromatic carbocycles. The van der Waals surface area contributed by atoms with Crippen molar-refractivity contribution in [2.45, 2.75) is 44.9 Å². The Kier molecular flexibility index (Phi) is 6.75. The second-order valence-corrected chi connectivity index (χ2v) is 7.94. The number of nitrogens with one attached hydrogen (secondary N) is 1. The van der Waals surface area contributed by atoms with E-state index in [0.717, 1.165) is 48.0 Å². The van der Waals surface area contributed by atoms with E-state index in [0.29, 0.717) is 0 Å². The second-order valence-electron chi connectivity index (χ2n) is 7.94. The van der Waals surface area contributed by atoms with E-state index in [4.69, 9.17) is 0 Å². The Balaban J connectivity index is 1.73. The van der Waals surface area contributed by atoms with Gasteiger partial charge in [-0.2, -0.15) is 5.10 Å². The molecular weight excluding hydrogens is 370 g/mol. The van der Waals surface area contributed by atoms with Gasteiger partial charge in [-0.1, -0.05) is 86.7 Å². The summed E-state index contributed by atoms with van der Waals surface area (Å²) < 4.78 is 1.85. The summed E-state index contributed by atoms with van der Waals surface area (Å²) in [4.78, 5) is 13.1. The average Bonchev–Trinajstić information content (AvgIpc) is 3.20. The molecule has 0 aliphatic heterocycles. The number of hydrogen-bond donors (Lipinski definition) is 1. The Morgan fingerprint density at radius 3 is 2.17 bits per heavy atom. The molecular formula is C26H29N3O. The molecule has 2 heterocycles. The van der Waals surface area contributed by atoms with Gasteiger partial charge in [0.15, 0.2) is 0 Å². The van der Waals surface area contributed by atoms with E-state index in [1.54, 1.807) is 6.20 Å². The Hall–Kier alpha value is -3.14. The van der Waals surface area contributed by atoms with Crippen molar-refractivity contribution in [3.05, 3.63) is 79.1 Å². The van der Waals surface area contributed by atoms with Crippen LogP contribution >= 0.6 is 0 Å². The quantitative estimate of drug-likeness (QED) is 0.552. The summed E-state index contributed by atoms with van der Waals surface area (Å²) in [5, 5.41) is 7.74. The van der Waals surface area contributed by atoms with Crippen LogP contribution in [0.15, 0.2) is 79.1 Å². The maximum Gasteiger partial charge on any atom is 0.227 e. The molecule has 30 heavy (non-hydrogen) atoms. The molecule has 0 unspecified atom stereocenters. The van der Waals surface area contributed by atoms with Gasteiger partial charge in [0.05, 0.1) is 17.4 Å². The number of carbonyl (C=O) groups excluding carboxylic acids is 1. The molecule has 1 saturated carbocycles. The van der Waals surface area contributed by atoms with E-state index in [1.165, 1.54) is 19.3 Å². The second kappa shape index (κ2) is 10.1. The predicted octanol–water partition coefficient (Wildman–Crippen LogP) is 6.42. The molecule has 4 nitrogen and oxygen atoms in total. The van der Waals surface area contributed by atoms with Crippen LogP contribution in [0.4, 0.5) is 5.69 Å². The molecule has 0 radical (unpaired) electrons. The van der Waals surface area contributed by atoms with E-state index in [2.05, 4.69) is 22.5 Å². The molecule has 0 atom stereocenters. The highest BCUT2D eigenvalue weighted by atomic mass is 16.1. The zero-order valence-corrected chi connectivity index (χ0v) is 17.3. The Morgan fingerprint density at radius 2 is 1.47 bits per heavy atom. The van der Waals surface area contributed by atoms with Gasteiger partial charge in [0.1, 0.15) is 0 Å². The number of carbonyl (C=O) groups is 1. The van der Waals surface area contributed by atoms with Gasteiger partial charge in [0.2, 0.25) is 5.91 Å². The van der Waals surface area contributed by atoms with E-state index >= 15 is 0 Å². The monoisotopic (exact) mass is 399 g/mol. The van der Waals surface area contributed by atoms with Crippen molar-refractivity contribution in [1.82, 2.24) is 9.61 Å². The third-order valence-corrected chi connectivity index (χ3v) is 5.81. The zero-order valence-electron chi connectivity index (χ0n) is 17.3. The van der Waals surface area contributed by atoms with E-state index in [-0.39, 0.29) is 11.8 Å². The van der Waals surface area contributed by atoms with Gasteiger partial charge in [-0.25, -0.2) is 4.52 Å². The van der Waals surface area contributed by atoms with Gasteiger partial charge >= 0.3 is 0 Å². The van der Waals surface area contributed by atoms with Crippen molar-refractivity contribution in [1.29, 1.82) is 0 Å². The fourth-order valence-electron chi connectivity index (χ4n) is 4.21. The number of amides is 1. The fourth-order valence-corrected chi connectivity index (χ4v) is 4.21. The molecule has 3 aromatic rings. The molecule has 0 bridgehead atoms. The third-order valence-electron chi connectivity index (χ3n) is 5.81. The Morgan fingerprint density at radius 1 is 0.833 bits per heavy atom. The molecule has 4 rings (SSSR count). The van der Waals surface area contributed by atoms with Crippen LogP contribution < -0.4 is 5.32 Å². The van der Waals surface area contributed by atoms with Gasteiger partial charge in [-0.3, -0.25) is 4.79 Å². The number of hydrogen-bond acceptors (Lipinski definition) is 2. The largest absolute Gasteiger partial charge is 0.324 e. The lowest BCUT2D eigenvalue weighted by Gasteiger charge is -2.20. The maximum absolute atomic E-state index is 13.1. The lowest BCUT2D eigenvalue weighted by atomic mass is 9.90. The lowest BCUT2D eigenvalue weighted by molar-refractivity contribution is -0.120. The number of aromatic nitrogens is 2. The highest BCUT2D eigenvalue weighted by molar-refractivity contribution is 6.00. The van der Waals surface area contributed by atoms with Gasteiger partial charge in [-0.15, -0.1) is 0 Å². The standard InChI is InChI=1S/C26H29N3O/c30-26(22-16-11-7-4-8-12-17-22)28-23-20-27-29-19-13-18-24(29)25(23)21-14-9-5-2-1-3-6-10-15-21/h1-3,5-6,9-10,13-15,18-20,22H,4,7-8,11-12,16-17H2,(H,28,30). The molecule has 4 heteroatoms. The molecule has 0 saturated heterocycles. The van der Waals surface area contributed by atoms with Gasteiger partial charge < -0.3 is 5.32 Å². The highest BCUT2D eigenvalue weighted by Gasteiger charge is 2.21. The molecule has 154 valence electrons. The van der Waals surface area contributed by atoms with Crippen molar-refractivity contribution in [2.75, 3.05) is 5.32 Å². The first-order valence-electron chi connectivity index (χ1n) is 11.0. The first-order chi connectivity index (χ1) is 14.8.